The Balaban J connectivity index is 1.52. The second-order valence-corrected chi connectivity index (χ2v) is 7.57. The van der Waals surface area contributed by atoms with Gasteiger partial charge in [0, 0.05) is 42.5 Å². The summed E-state index contributed by atoms with van der Waals surface area (Å²) in [7, 11) is 0. The molecule has 0 atom stereocenters. The molecule has 0 amide bonds. The van der Waals surface area contributed by atoms with E-state index in [4.69, 9.17) is 11.0 Å². The summed E-state index contributed by atoms with van der Waals surface area (Å²) in [6.45, 7) is 6.95. The van der Waals surface area contributed by atoms with Crippen molar-refractivity contribution in [1.29, 1.82) is 5.26 Å². The summed E-state index contributed by atoms with van der Waals surface area (Å²) < 4.78 is 0. The first-order valence-corrected chi connectivity index (χ1v) is 9.58. The summed E-state index contributed by atoms with van der Waals surface area (Å²) in [6.07, 6.45) is 5.23. The predicted molar refractivity (Wildman–Crippen MR) is 102 cm³/mol. The fourth-order valence-electron chi connectivity index (χ4n) is 2.94. The number of hydrogen-bond acceptors (Lipinski definition) is 7. The molecule has 0 radical (unpaired) electrons. The number of thiophene rings is 1. The lowest BCUT2D eigenvalue weighted by atomic mass is 10.2. The third-order valence-electron chi connectivity index (χ3n) is 4.45. The van der Waals surface area contributed by atoms with Crippen LogP contribution >= 0.6 is 11.3 Å². The largest absolute Gasteiger partial charge is 0.382 e. The topological polar surface area (TPSA) is 82.1 Å². The lowest BCUT2D eigenvalue weighted by molar-refractivity contribution is 0.251. The molecule has 1 aliphatic rings. The van der Waals surface area contributed by atoms with Gasteiger partial charge in [-0.15, -0.1) is 11.3 Å². The molecule has 3 heterocycles. The molecular weight excluding hydrogens is 332 g/mol. The monoisotopic (exact) mass is 356 g/mol. The Morgan fingerprint density at radius 2 is 2.00 bits per heavy atom. The van der Waals surface area contributed by atoms with E-state index in [9.17, 15) is 0 Å². The van der Waals surface area contributed by atoms with Gasteiger partial charge >= 0.3 is 0 Å². The van der Waals surface area contributed by atoms with E-state index >= 15 is 0 Å². The number of aryl methyl sites for hydroxylation is 1. The minimum Gasteiger partial charge on any atom is -0.382 e. The zero-order chi connectivity index (χ0) is 17.6. The summed E-state index contributed by atoms with van der Waals surface area (Å²) in [5.74, 6) is 0.877. The number of rotatable bonds is 6. The number of nitriles is 1. The Hall–Kier alpha value is -2.17. The van der Waals surface area contributed by atoms with Gasteiger partial charge in [-0.05, 0) is 25.0 Å². The number of hydrogen-bond donors (Lipinski definition) is 1. The molecule has 25 heavy (non-hydrogen) atoms. The lowest BCUT2D eigenvalue weighted by Gasteiger charge is -2.34. The molecule has 132 valence electrons. The van der Waals surface area contributed by atoms with E-state index in [1.165, 1.54) is 35.2 Å². The number of aromatic nitrogens is 2. The molecule has 0 saturated carbocycles. The average molecular weight is 356 g/mol. The van der Waals surface area contributed by atoms with Crippen molar-refractivity contribution in [3.8, 4) is 6.07 Å². The zero-order valence-electron chi connectivity index (χ0n) is 14.6. The second kappa shape index (κ2) is 8.28. The van der Waals surface area contributed by atoms with Crippen LogP contribution in [0.1, 0.15) is 35.1 Å². The molecule has 0 aromatic carbocycles. The maximum atomic E-state index is 8.91. The minimum atomic E-state index is 0.258. The fraction of sp³-hybridized carbons (Fsp3) is 0.500. The van der Waals surface area contributed by atoms with Gasteiger partial charge in [-0.25, -0.2) is 4.98 Å². The first-order chi connectivity index (χ1) is 12.2. The van der Waals surface area contributed by atoms with Crippen molar-refractivity contribution in [1.82, 2.24) is 14.9 Å². The maximum Gasteiger partial charge on any atom is 0.227 e. The van der Waals surface area contributed by atoms with Gasteiger partial charge in [0.2, 0.25) is 5.95 Å². The third kappa shape index (κ3) is 4.47. The van der Waals surface area contributed by atoms with Crippen LogP contribution < -0.4 is 10.6 Å². The van der Waals surface area contributed by atoms with Gasteiger partial charge in [0.05, 0.1) is 6.20 Å². The van der Waals surface area contributed by atoms with Crippen molar-refractivity contribution in [2.75, 3.05) is 36.8 Å². The number of nitrogens with two attached hydrogens (primary N) is 1. The highest BCUT2D eigenvalue weighted by molar-refractivity contribution is 7.11. The number of nitrogen functional groups attached to an aromatic ring is 1. The number of unbranched alkanes of at least 4 members (excludes halogenated alkanes) is 1. The van der Waals surface area contributed by atoms with Crippen LogP contribution in [0.4, 0.5) is 11.8 Å². The molecule has 2 aromatic rings. The van der Waals surface area contributed by atoms with Gasteiger partial charge in [-0.3, -0.25) is 4.90 Å². The summed E-state index contributed by atoms with van der Waals surface area (Å²) >= 11 is 1.94. The third-order valence-corrected chi connectivity index (χ3v) is 5.58. The second-order valence-electron chi connectivity index (χ2n) is 6.32. The van der Waals surface area contributed by atoms with Gasteiger partial charge in [-0.2, -0.15) is 10.2 Å². The lowest BCUT2D eigenvalue weighted by Crippen LogP contribution is -2.46. The molecular formula is C18H24N6S. The van der Waals surface area contributed by atoms with Crippen molar-refractivity contribution >= 4 is 23.1 Å². The van der Waals surface area contributed by atoms with Crippen molar-refractivity contribution in [3.63, 3.8) is 0 Å². The first-order valence-electron chi connectivity index (χ1n) is 8.77. The molecule has 0 unspecified atom stereocenters. The van der Waals surface area contributed by atoms with E-state index in [0.29, 0.717) is 11.5 Å². The van der Waals surface area contributed by atoms with Gasteiger partial charge < -0.3 is 10.6 Å². The van der Waals surface area contributed by atoms with E-state index in [1.54, 1.807) is 0 Å². The predicted octanol–water partition coefficient (Wildman–Crippen LogP) is 2.66. The van der Waals surface area contributed by atoms with Crippen LogP contribution in [0, 0.1) is 11.3 Å². The molecule has 0 spiro atoms. The van der Waals surface area contributed by atoms with Crippen LogP contribution in [0.3, 0.4) is 0 Å². The van der Waals surface area contributed by atoms with Gasteiger partial charge in [-0.1, -0.05) is 13.3 Å². The zero-order valence-corrected chi connectivity index (χ0v) is 15.4. The molecule has 0 bridgehead atoms. The SMILES string of the molecule is CCCCc1ccc(CN2CCN(c3ncc(C#N)c(N)n3)CC2)s1. The number of piperazine rings is 1. The van der Waals surface area contributed by atoms with Crippen LogP contribution in [0.15, 0.2) is 18.3 Å². The van der Waals surface area contributed by atoms with E-state index in [1.807, 2.05) is 17.4 Å². The Kier molecular flexibility index (Phi) is 5.84. The Bertz CT molecular complexity index is 742. The van der Waals surface area contributed by atoms with E-state index < -0.39 is 0 Å². The summed E-state index contributed by atoms with van der Waals surface area (Å²) in [6, 6.07) is 6.55. The van der Waals surface area contributed by atoms with Gasteiger partial charge in [0.15, 0.2) is 0 Å². The van der Waals surface area contributed by atoms with Crippen LogP contribution in [-0.4, -0.2) is 41.0 Å². The van der Waals surface area contributed by atoms with Gasteiger partial charge in [0.25, 0.3) is 0 Å². The Morgan fingerprint density at radius 1 is 1.24 bits per heavy atom. The van der Waals surface area contributed by atoms with Crippen molar-refractivity contribution in [2.24, 2.45) is 0 Å². The molecule has 3 rings (SSSR count). The molecule has 2 aromatic heterocycles. The summed E-state index contributed by atoms with van der Waals surface area (Å²) in [4.78, 5) is 16.1. The molecule has 1 aliphatic heterocycles. The highest BCUT2D eigenvalue weighted by Crippen LogP contribution is 2.21. The highest BCUT2D eigenvalue weighted by atomic mass is 32.1. The van der Waals surface area contributed by atoms with E-state index in [0.717, 1.165) is 32.7 Å². The minimum absolute atomic E-state index is 0.258. The smallest absolute Gasteiger partial charge is 0.227 e. The number of anilines is 2. The van der Waals surface area contributed by atoms with E-state index in [2.05, 4.69) is 38.8 Å². The standard InChI is InChI=1S/C18H24N6S/c1-2-3-4-15-5-6-16(25-15)13-23-7-9-24(10-8-23)18-21-12-14(11-19)17(20)22-18/h5-6,12H,2-4,7-10,13H2,1H3,(H2,20,21,22). The molecule has 2 N–H and O–H groups in total. The Morgan fingerprint density at radius 3 is 2.68 bits per heavy atom. The van der Waals surface area contributed by atoms with Crippen LogP contribution in [0.25, 0.3) is 0 Å². The van der Waals surface area contributed by atoms with Crippen LogP contribution in [-0.2, 0) is 13.0 Å². The summed E-state index contributed by atoms with van der Waals surface area (Å²) in [5, 5.41) is 8.91. The van der Waals surface area contributed by atoms with Crippen molar-refractivity contribution in [3.05, 3.63) is 33.6 Å². The Labute approximate surface area is 152 Å². The normalized spacial score (nSPS) is 15.3. The molecule has 1 saturated heterocycles. The van der Waals surface area contributed by atoms with Crippen molar-refractivity contribution in [2.45, 2.75) is 32.7 Å². The molecule has 6 nitrogen and oxygen atoms in total. The molecule has 1 fully saturated rings. The average Bonchev–Trinajstić information content (AvgIpc) is 3.08. The van der Waals surface area contributed by atoms with Gasteiger partial charge in [0.1, 0.15) is 17.5 Å². The highest BCUT2D eigenvalue weighted by Gasteiger charge is 2.20. The number of nitrogens with zero attached hydrogens (tertiary/aromatic N) is 5. The summed E-state index contributed by atoms with van der Waals surface area (Å²) in [5.41, 5.74) is 6.13. The fourth-order valence-corrected chi connectivity index (χ4v) is 4.05. The first kappa shape index (κ1) is 17.6. The molecule has 0 aliphatic carbocycles. The quantitative estimate of drug-likeness (QED) is 0.857. The maximum absolute atomic E-state index is 8.91. The van der Waals surface area contributed by atoms with Crippen LogP contribution in [0.2, 0.25) is 0 Å². The molecule has 7 heteroatoms. The van der Waals surface area contributed by atoms with E-state index in [-0.39, 0.29) is 5.82 Å². The van der Waals surface area contributed by atoms with Crippen LogP contribution in [0.5, 0.6) is 0 Å². The van der Waals surface area contributed by atoms with Crippen molar-refractivity contribution < 1.29 is 0 Å².